The lowest BCUT2D eigenvalue weighted by molar-refractivity contribution is -0.128. The zero-order valence-corrected chi connectivity index (χ0v) is 12.8. The summed E-state index contributed by atoms with van der Waals surface area (Å²) in [6.45, 7) is 8.38. The lowest BCUT2D eigenvalue weighted by Gasteiger charge is -2.25. The van der Waals surface area contributed by atoms with Gasteiger partial charge in [-0.25, -0.2) is 0 Å². The van der Waals surface area contributed by atoms with Crippen molar-refractivity contribution in [1.29, 1.82) is 0 Å². The van der Waals surface area contributed by atoms with E-state index >= 15 is 0 Å². The maximum atomic E-state index is 11.5. The topological polar surface area (TPSA) is 35.6 Å². The summed E-state index contributed by atoms with van der Waals surface area (Å²) >= 11 is 0. The van der Waals surface area contributed by atoms with Crippen LogP contribution in [0.1, 0.15) is 24.5 Å². The first-order valence-corrected chi connectivity index (χ1v) is 7.36. The van der Waals surface area contributed by atoms with Crippen molar-refractivity contribution in [1.82, 2.24) is 10.2 Å². The Bertz CT molecular complexity index is 473. The van der Waals surface area contributed by atoms with Crippen molar-refractivity contribution in [3.63, 3.8) is 0 Å². The van der Waals surface area contributed by atoms with Crippen LogP contribution in [0.25, 0.3) is 0 Å². The van der Waals surface area contributed by atoms with E-state index in [1.807, 2.05) is 11.9 Å². The second-order valence-electron chi connectivity index (χ2n) is 5.50. The first kappa shape index (κ1) is 14.9. The number of carbonyl (C=O) groups is 1. The van der Waals surface area contributed by atoms with Gasteiger partial charge in [-0.2, -0.15) is 0 Å². The average Bonchev–Trinajstić information content (AvgIpc) is 2.65. The van der Waals surface area contributed by atoms with Crippen LogP contribution in [0.3, 0.4) is 0 Å². The van der Waals surface area contributed by atoms with Gasteiger partial charge in [0.1, 0.15) is 0 Å². The molecule has 0 unspecified atom stereocenters. The SMILES string of the molecule is CNCc1ccc(N2CCCN(C(C)=O)CC2)c(C)c1. The van der Waals surface area contributed by atoms with Crippen molar-refractivity contribution < 1.29 is 4.79 Å². The average molecular weight is 275 g/mol. The minimum absolute atomic E-state index is 0.188. The van der Waals surface area contributed by atoms with Crippen molar-refractivity contribution in [2.45, 2.75) is 26.8 Å². The van der Waals surface area contributed by atoms with E-state index in [1.54, 1.807) is 6.92 Å². The predicted molar refractivity (Wildman–Crippen MR) is 83.0 cm³/mol. The van der Waals surface area contributed by atoms with Gasteiger partial charge in [-0.3, -0.25) is 4.79 Å². The number of nitrogens with one attached hydrogen (secondary N) is 1. The Balaban J connectivity index is 2.09. The van der Waals surface area contributed by atoms with Crippen LogP contribution in [0.5, 0.6) is 0 Å². The van der Waals surface area contributed by atoms with E-state index in [0.717, 1.165) is 39.1 Å². The second-order valence-corrected chi connectivity index (χ2v) is 5.50. The molecule has 0 atom stereocenters. The fourth-order valence-corrected chi connectivity index (χ4v) is 2.86. The van der Waals surface area contributed by atoms with Crippen molar-refractivity contribution in [3.8, 4) is 0 Å². The summed E-state index contributed by atoms with van der Waals surface area (Å²) in [7, 11) is 1.97. The fraction of sp³-hybridized carbons (Fsp3) is 0.562. The number of hydrogen-bond donors (Lipinski definition) is 1. The number of amides is 1. The van der Waals surface area contributed by atoms with Gasteiger partial charge in [0.15, 0.2) is 0 Å². The molecule has 0 aromatic heterocycles. The summed E-state index contributed by atoms with van der Waals surface area (Å²) in [6.07, 6.45) is 1.04. The first-order valence-electron chi connectivity index (χ1n) is 7.36. The molecular formula is C16H25N3O. The van der Waals surface area contributed by atoms with Gasteiger partial charge in [-0.05, 0) is 37.6 Å². The van der Waals surface area contributed by atoms with Gasteiger partial charge in [0.05, 0.1) is 0 Å². The van der Waals surface area contributed by atoms with E-state index in [2.05, 4.69) is 35.3 Å². The minimum Gasteiger partial charge on any atom is -0.369 e. The standard InChI is InChI=1S/C16H25N3O/c1-13-11-15(12-17-3)5-6-16(13)19-8-4-7-18(9-10-19)14(2)20/h5-6,11,17H,4,7-10,12H2,1-3H3. The number of anilines is 1. The van der Waals surface area contributed by atoms with E-state index in [1.165, 1.54) is 16.8 Å². The smallest absolute Gasteiger partial charge is 0.219 e. The third kappa shape index (κ3) is 3.51. The minimum atomic E-state index is 0.188. The number of rotatable bonds is 3. The van der Waals surface area contributed by atoms with E-state index in [-0.39, 0.29) is 5.91 Å². The molecule has 1 aromatic rings. The van der Waals surface area contributed by atoms with Crippen LogP contribution in [-0.2, 0) is 11.3 Å². The van der Waals surface area contributed by atoms with Crippen LogP contribution in [0.2, 0.25) is 0 Å². The second kappa shape index (κ2) is 6.75. The summed E-state index contributed by atoms with van der Waals surface area (Å²) in [5.41, 5.74) is 3.93. The Hall–Kier alpha value is -1.55. The molecule has 1 fully saturated rings. The van der Waals surface area contributed by atoms with Crippen molar-refractivity contribution in [2.24, 2.45) is 0 Å². The number of carbonyl (C=O) groups excluding carboxylic acids is 1. The van der Waals surface area contributed by atoms with Gasteiger partial charge >= 0.3 is 0 Å². The maximum absolute atomic E-state index is 11.5. The number of hydrogen-bond acceptors (Lipinski definition) is 3. The van der Waals surface area contributed by atoms with Crippen molar-refractivity contribution in [3.05, 3.63) is 29.3 Å². The largest absolute Gasteiger partial charge is 0.369 e. The molecule has 0 spiro atoms. The third-order valence-corrected chi connectivity index (χ3v) is 3.92. The Morgan fingerprint density at radius 1 is 1.25 bits per heavy atom. The van der Waals surface area contributed by atoms with Gasteiger partial charge < -0.3 is 15.1 Å². The molecule has 1 aliphatic heterocycles. The molecule has 4 nitrogen and oxygen atoms in total. The van der Waals surface area contributed by atoms with Gasteiger partial charge in [0.25, 0.3) is 0 Å². The Morgan fingerprint density at radius 2 is 2.05 bits per heavy atom. The van der Waals surface area contributed by atoms with Crippen LogP contribution < -0.4 is 10.2 Å². The number of nitrogens with zero attached hydrogens (tertiary/aromatic N) is 2. The lowest BCUT2D eigenvalue weighted by Crippen LogP contribution is -2.33. The summed E-state index contributed by atoms with van der Waals surface area (Å²) in [6, 6.07) is 6.65. The molecule has 0 saturated carbocycles. The molecule has 0 aliphatic carbocycles. The van der Waals surface area contributed by atoms with Crippen LogP contribution in [-0.4, -0.2) is 44.0 Å². The zero-order valence-electron chi connectivity index (χ0n) is 12.8. The quantitative estimate of drug-likeness (QED) is 0.913. The first-order chi connectivity index (χ1) is 9.61. The molecular weight excluding hydrogens is 250 g/mol. The molecule has 1 saturated heterocycles. The molecule has 0 bridgehead atoms. The summed E-state index contributed by atoms with van der Waals surface area (Å²) < 4.78 is 0. The van der Waals surface area contributed by atoms with E-state index < -0.39 is 0 Å². The highest BCUT2D eigenvalue weighted by molar-refractivity contribution is 5.73. The van der Waals surface area contributed by atoms with Gasteiger partial charge in [-0.1, -0.05) is 12.1 Å². The zero-order chi connectivity index (χ0) is 14.5. The normalized spacial score (nSPS) is 16.1. The van der Waals surface area contributed by atoms with Crippen LogP contribution in [0.4, 0.5) is 5.69 Å². The Morgan fingerprint density at radius 3 is 2.70 bits per heavy atom. The predicted octanol–water partition coefficient (Wildman–Crippen LogP) is 1.77. The molecule has 110 valence electrons. The van der Waals surface area contributed by atoms with E-state index in [0.29, 0.717) is 0 Å². The Labute approximate surface area is 121 Å². The highest BCUT2D eigenvalue weighted by Gasteiger charge is 2.17. The highest BCUT2D eigenvalue weighted by Crippen LogP contribution is 2.22. The summed E-state index contributed by atoms with van der Waals surface area (Å²) in [4.78, 5) is 15.8. The summed E-state index contributed by atoms with van der Waals surface area (Å²) in [5.74, 6) is 0.188. The van der Waals surface area contributed by atoms with E-state index in [4.69, 9.17) is 0 Å². The number of aryl methyl sites for hydroxylation is 1. The van der Waals surface area contributed by atoms with Crippen molar-refractivity contribution >= 4 is 11.6 Å². The molecule has 4 heteroatoms. The molecule has 2 rings (SSSR count). The van der Waals surface area contributed by atoms with Crippen LogP contribution in [0, 0.1) is 6.92 Å². The lowest BCUT2D eigenvalue weighted by atomic mass is 10.1. The molecule has 1 amide bonds. The highest BCUT2D eigenvalue weighted by atomic mass is 16.2. The molecule has 1 aliphatic rings. The maximum Gasteiger partial charge on any atom is 0.219 e. The third-order valence-electron chi connectivity index (χ3n) is 3.92. The Kier molecular flexibility index (Phi) is 5.01. The molecule has 0 radical (unpaired) electrons. The van der Waals surface area contributed by atoms with Crippen LogP contribution in [0.15, 0.2) is 18.2 Å². The molecule has 1 aromatic carbocycles. The fourth-order valence-electron chi connectivity index (χ4n) is 2.86. The summed E-state index contributed by atoms with van der Waals surface area (Å²) in [5, 5.41) is 3.18. The van der Waals surface area contributed by atoms with Crippen LogP contribution >= 0.6 is 0 Å². The monoisotopic (exact) mass is 275 g/mol. The van der Waals surface area contributed by atoms with Gasteiger partial charge in [0.2, 0.25) is 5.91 Å². The van der Waals surface area contributed by atoms with Crippen molar-refractivity contribution in [2.75, 3.05) is 38.1 Å². The molecule has 1 heterocycles. The molecule has 1 N–H and O–H groups in total. The number of benzene rings is 1. The molecule has 20 heavy (non-hydrogen) atoms. The van der Waals surface area contributed by atoms with Gasteiger partial charge in [0, 0.05) is 45.3 Å². The van der Waals surface area contributed by atoms with E-state index in [9.17, 15) is 4.79 Å². The van der Waals surface area contributed by atoms with Gasteiger partial charge in [-0.15, -0.1) is 0 Å².